The van der Waals surface area contributed by atoms with E-state index in [1.165, 1.54) is 4.88 Å². The lowest BCUT2D eigenvalue weighted by Gasteiger charge is -2.37. The highest BCUT2D eigenvalue weighted by Crippen LogP contribution is 2.12. The highest BCUT2D eigenvalue weighted by molar-refractivity contribution is 7.11. The van der Waals surface area contributed by atoms with E-state index in [-0.39, 0.29) is 5.91 Å². The van der Waals surface area contributed by atoms with Crippen LogP contribution in [0, 0.1) is 6.92 Å². The lowest BCUT2D eigenvalue weighted by Crippen LogP contribution is -2.55. The van der Waals surface area contributed by atoms with Gasteiger partial charge in [-0.3, -0.25) is 14.7 Å². The molecule has 28 heavy (non-hydrogen) atoms. The van der Waals surface area contributed by atoms with Crippen molar-refractivity contribution in [1.82, 2.24) is 25.0 Å². The molecule has 0 saturated carbocycles. The maximum atomic E-state index is 12.4. The summed E-state index contributed by atoms with van der Waals surface area (Å²) in [5.41, 5.74) is 0. The van der Waals surface area contributed by atoms with Crippen LogP contribution in [0.25, 0.3) is 0 Å². The first-order chi connectivity index (χ1) is 13.7. The van der Waals surface area contributed by atoms with Crippen molar-refractivity contribution in [2.75, 3.05) is 72.1 Å². The van der Waals surface area contributed by atoms with Crippen molar-refractivity contribution in [2.45, 2.75) is 20.3 Å². The van der Waals surface area contributed by atoms with Crippen LogP contribution in [0.15, 0.2) is 11.2 Å². The molecule has 1 amide bonds. The van der Waals surface area contributed by atoms with Crippen LogP contribution < -0.4 is 5.32 Å². The van der Waals surface area contributed by atoms with Gasteiger partial charge >= 0.3 is 0 Å². The summed E-state index contributed by atoms with van der Waals surface area (Å²) in [6.07, 6.45) is 2.80. The summed E-state index contributed by atoms with van der Waals surface area (Å²) >= 11 is 1.74. The summed E-state index contributed by atoms with van der Waals surface area (Å²) in [5, 5.41) is 4.54. The molecule has 1 aromatic heterocycles. The van der Waals surface area contributed by atoms with E-state index in [0.29, 0.717) is 32.8 Å². The summed E-state index contributed by atoms with van der Waals surface area (Å²) in [4.78, 5) is 29.3. The number of hydrogen-bond donors (Lipinski definition) is 1. The lowest BCUT2D eigenvalue weighted by molar-refractivity contribution is -0.136. The van der Waals surface area contributed by atoms with Gasteiger partial charge in [0.05, 0.1) is 24.8 Å². The molecule has 9 heteroatoms. The molecule has 2 saturated heterocycles. The van der Waals surface area contributed by atoms with Crippen LogP contribution in [0.4, 0.5) is 0 Å². The first-order valence-electron chi connectivity index (χ1n) is 10.2. The van der Waals surface area contributed by atoms with E-state index in [1.54, 1.807) is 11.3 Å². The Labute approximate surface area is 171 Å². The molecule has 1 aromatic rings. The van der Waals surface area contributed by atoms with E-state index in [4.69, 9.17) is 9.73 Å². The van der Waals surface area contributed by atoms with Crippen LogP contribution in [0.3, 0.4) is 0 Å². The monoisotopic (exact) mass is 408 g/mol. The van der Waals surface area contributed by atoms with Gasteiger partial charge in [-0.05, 0) is 13.8 Å². The predicted octanol–water partition coefficient (Wildman–Crippen LogP) is 0.436. The molecule has 3 rings (SSSR count). The molecule has 0 aromatic carbocycles. The number of aliphatic imine (C=N–C) groups is 1. The highest BCUT2D eigenvalue weighted by atomic mass is 32.1. The number of thiazole rings is 1. The molecule has 156 valence electrons. The molecule has 2 aliphatic heterocycles. The summed E-state index contributed by atoms with van der Waals surface area (Å²) in [6, 6.07) is 0. The number of rotatable bonds is 6. The summed E-state index contributed by atoms with van der Waals surface area (Å²) in [5.74, 6) is 1.19. The van der Waals surface area contributed by atoms with Crippen molar-refractivity contribution < 1.29 is 9.53 Å². The third-order valence-electron chi connectivity index (χ3n) is 4.99. The van der Waals surface area contributed by atoms with Crippen molar-refractivity contribution in [3.63, 3.8) is 0 Å². The van der Waals surface area contributed by atoms with Crippen molar-refractivity contribution >= 4 is 23.2 Å². The van der Waals surface area contributed by atoms with E-state index in [9.17, 15) is 4.79 Å². The fourth-order valence-electron chi connectivity index (χ4n) is 3.42. The van der Waals surface area contributed by atoms with E-state index in [2.05, 4.69) is 33.9 Å². The number of hydrogen-bond acceptors (Lipinski definition) is 6. The van der Waals surface area contributed by atoms with E-state index in [1.807, 2.05) is 11.1 Å². The zero-order valence-corrected chi connectivity index (χ0v) is 17.8. The Balaban J connectivity index is 1.45. The van der Waals surface area contributed by atoms with Crippen molar-refractivity contribution in [1.29, 1.82) is 0 Å². The number of aryl methyl sites for hydroxylation is 1. The molecule has 1 N–H and O–H groups in total. The number of nitrogens with zero attached hydrogens (tertiary/aromatic N) is 5. The summed E-state index contributed by atoms with van der Waals surface area (Å²) in [7, 11) is 0. The van der Waals surface area contributed by atoms with Gasteiger partial charge in [-0.25, -0.2) is 4.98 Å². The van der Waals surface area contributed by atoms with Gasteiger partial charge in [0.2, 0.25) is 5.91 Å². The van der Waals surface area contributed by atoms with E-state index >= 15 is 0 Å². The van der Waals surface area contributed by atoms with Crippen molar-refractivity contribution in [2.24, 2.45) is 4.99 Å². The Bertz CT molecular complexity index is 651. The minimum atomic E-state index is 0.219. The first kappa shape index (κ1) is 21.0. The minimum absolute atomic E-state index is 0.219. The van der Waals surface area contributed by atoms with Crippen LogP contribution in [0.1, 0.15) is 16.8 Å². The second kappa shape index (κ2) is 10.7. The molecule has 0 bridgehead atoms. The Morgan fingerprint density at radius 1 is 1.21 bits per heavy atom. The smallest absolute Gasteiger partial charge is 0.236 e. The van der Waals surface area contributed by atoms with E-state index in [0.717, 1.165) is 56.7 Å². The fraction of sp³-hybridized carbons (Fsp3) is 0.737. The molecule has 0 atom stereocenters. The van der Waals surface area contributed by atoms with Gasteiger partial charge in [0.25, 0.3) is 0 Å². The Kier molecular flexibility index (Phi) is 8.05. The molecular weight excluding hydrogens is 376 g/mol. The van der Waals surface area contributed by atoms with Gasteiger partial charge in [-0.1, -0.05) is 0 Å². The lowest BCUT2D eigenvalue weighted by atomic mass is 10.3. The standard InChI is InChI=1S/C19H32N6O2S/c1-3-20-19(21-5-4-17-22-14-16(2)28-17)25-8-6-23(7-9-25)15-18(26)24-10-12-27-13-11-24/h14H,3-13,15H2,1-2H3,(H,20,21). The zero-order chi connectivity index (χ0) is 19.8. The molecule has 0 unspecified atom stereocenters. The number of carbonyl (C=O) groups excluding carboxylic acids is 1. The largest absolute Gasteiger partial charge is 0.378 e. The van der Waals surface area contributed by atoms with Crippen LogP contribution in [0.2, 0.25) is 0 Å². The van der Waals surface area contributed by atoms with Crippen LogP contribution in [0.5, 0.6) is 0 Å². The second-order valence-electron chi connectivity index (χ2n) is 7.11. The van der Waals surface area contributed by atoms with Crippen LogP contribution in [-0.2, 0) is 16.0 Å². The normalized spacial score (nSPS) is 19.1. The van der Waals surface area contributed by atoms with Crippen LogP contribution in [-0.4, -0.2) is 104 Å². The second-order valence-corrected chi connectivity index (χ2v) is 8.43. The van der Waals surface area contributed by atoms with Gasteiger partial charge < -0.3 is 19.9 Å². The number of ether oxygens (including phenoxy) is 1. The van der Waals surface area contributed by atoms with Gasteiger partial charge in [-0.15, -0.1) is 11.3 Å². The number of aromatic nitrogens is 1. The van der Waals surface area contributed by atoms with Crippen LogP contribution >= 0.6 is 11.3 Å². The predicted molar refractivity (Wildman–Crippen MR) is 112 cm³/mol. The Morgan fingerprint density at radius 2 is 1.96 bits per heavy atom. The van der Waals surface area contributed by atoms with Gasteiger partial charge in [0.15, 0.2) is 5.96 Å². The summed E-state index contributed by atoms with van der Waals surface area (Å²) < 4.78 is 5.33. The maximum Gasteiger partial charge on any atom is 0.236 e. The molecular formula is C19H32N6O2S. The zero-order valence-electron chi connectivity index (χ0n) is 17.0. The molecule has 8 nitrogen and oxygen atoms in total. The van der Waals surface area contributed by atoms with Gasteiger partial charge in [-0.2, -0.15) is 0 Å². The number of nitrogens with one attached hydrogen (secondary N) is 1. The average Bonchev–Trinajstić information content (AvgIpc) is 3.14. The van der Waals surface area contributed by atoms with Crippen molar-refractivity contribution in [3.8, 4) is 0 Å². The molecule has 0 aliphatic carbocycles. The fourth-order valence-corrected chi connectivity index (χ4v) is 4.20. The quantitative estimate of drug-likeness (QED) is 0.544. The molecule has 0 radical (unpaired) electrons. The van der Waals surface area contributed by atoms with Gasteiger partial charge in [0.1, 0.15) is 0 Å². The molecule has 0 spiro atoms. The third kappa shape index (κ3) is 6.15. The average molecular weight is 409 g/mol. The number of morpholine rings is 1. The molecule has 2 fully saturated rings. The molecule has 3 heterocycles. The Morgan fingerprint density at radius 3 is 2.61 bits per heavy atom. The van der Waals surface area contributed by atoms with E-state index < -0.39 is 0 Å². The third-order valence-corrected chi connectivity index (χ3v) is 5.96. The topological polar surface area (TPSA) is 73.3 Å². The number of amides is 1. The molecule has 2 aliphatic rings. The Hall–Kier alpha value is -1.71. The summed E-state index contributed by atoms with van der Waals surface area (Å²) in [6.45, 7) is 12.6. The number of piperazine rings is 1. The number of guanidine groups is 1. The minimum Gasteiger partial charge on any atom is -0.378 e. The SMILES string of the molecule is CCNC(=NCCc1ncc(C)s1)N1CCN(CC(=O)N2CCOCC2)CC1. The maximum absolute atomic E-state index is 12.4. The van der Waals surface area contributed by atoms with Crippen molar-refractivity contribution in [3.05, 3.63) is 16.1 Å². The van der Waals surface area contributed by atoms with Gasteiger partial charge in [0, 0.05) is 69.9 Å². The first-order valence-corrected chi connectivity index (χ1v) is 11.0. The number of carbonyl (C=O) groups is 1. The highest BCUT2D eigenvalue weighted by Gasteiger charge is 2.24.